The van der Waals surface area contributed by atoms with Crippen LogP contribution in [0.1, 0.15) is 49.7 Å². The van der Waals surface area contributed by atoms with Crippen LogP contribution < -0.4 is 33.6 Å². The Morgan fingerprint density at radius 2 is 0.976 bits per heavy atom. The summed E-state index contributed by atoms with van der Waals surface area (Å²) in [7, 11) is 0. The Kier molecular flexibility index (Phi) is 12.0. The highest BCUT2D eigenvalue weighted by Crippen LogP contribution is 2.41. The number of guanidine groups is 2. The molecule has 16 heteroatoms. The number of hydrogen-bond donors (Lipinski definition) is 6. The molecule has 2 rings (SSSR count). The molecule has 0 saturated heterocycles. The number of halogens is 6. The lowest BCUT2D eigenvalue weighted by Gasteiger charge is -2.18. The zero-order valence-corrected chi connectivity index (χ0v) is 22.4. The van der Waals surface area contributed by atoms with Gasteiger partial charge < -0.3 is 33.6 Å². The molecule has 0 fully saturated rings. The summed E-state index contributed by atoms with van der Waals surface area (Å²) >= 11 is 0. The molecule has 0 aliphatic heterocycles. The number of benzene rings is 2. The number of alkyl halides is 6. The van der Waals surface area contributed by atoms with Gasteiger partial charge >= 0.3 is 12.4 Å². The molecule has 0 atom stereocenters. The average Bonchev–Trinajstić information content (AvgIpc) is 2.87. The molecule has 42 heavy (non-hydrogen) atoms. The second kappa shape index (κ2) is 14.9. The van der Waals surface area contributed by atoms with Gasteiger partial charge in [-0.15, -0.1) is 0 Å². The summed E-state index contributed by atoms with van der Waals surface area (Å²) in [5, 5.41) is 4.40. The van der Waals surface area contributed by atoms with E-state index in [4.69, 9.17) is 22.9 Å². The fourth-order valence-corrected chi connectivity index (χ4v) is 3.77. The lowest BCUT2D eigenvalue weighted by Crippen LogP contribution is -2.23. The number of aliphatic imine (C=N–C) groups is 2. The molecular weight excluding hydrogens is 570 g/mol. The van der Waals surface area contributed by atoms with Crippen molar-refractivity contribution in [3.8, 4) is 11.1 Å². The average molecular weight is 603 g/mol. The minimum absolute atomic E-state index is 0.0998. The number of carbonyl (C=O) groups excluding carboxylic acids is 2. The maximum atomic E-state index is 13.9. The van der Waals surface area contributed by atoms with Crippen LogP contribution in [0, 0.1) is 0 Å². The van der Waals surface area contributed by atoms with Crippen LogP contribution in [0.4, 0.5) is 37.7 Å². The Morgan fingerprint density at radius 3 is 1.29 bits per heavy atom. The zero-order chi connectivity index (χ0) is 31.5. The number of carbonyl (C=O) groups is 2. The van der Waals surface area contributed by atoms with E-state index in [-0.39, 0.29) is 49.0 Å². The third kappa shape index (κ3) is 11.2. The first kappa shape index (κ1) is 33.7. The highest BCUT2D eigenvalue weighted by atomic mass is 19.4. The standard InChI is InChI=1S/C26H32F6N8O2/c27-25(28,29)17-13-15(7-9-19(17)39-21(41)5-1-3-11-37-23(33)34)16-8-10-20(18(14-16)26(30,31)32)40-22(42)6-2-4-12-38-24(35)36/h7-10,13-14H,1-6,11-12H2,(H,39,41)(H,40,42)(H4,33,34,37)(H4,35,36,38). The van der Waals surface area contributed by atoms with Gasteiger partial charge in [-0.2, -0.15) is 26.3 Å². The number of hydrogen-bond acceptors (Lipinski definition) is 4. The molecular formula is C26H32F6N8O2. The molecule has 0 saturated carbocycles. The van der Waals surface area contributed by atoms with Crippen LogP contribution in [0.2, 0.25) is 0 Å². The molecule has 0 aromatic heterocycles. The molecule has 0 spiro atoms. The van der Waals surface area contributed by atoms with E-state index in [0.29, 0.717) is 37.8 Å². The second-order valence-electron chi connectivity index (χ2n) is 9.14. The molecule has 10 nitrogen and oxygen atoms in total. The third-order valence-corrected chi connectivity index (χ3v) is 5.74. The first-order valence-electron chi connectivity index (χ1n) is 12.7. The van der Waals surface area contributed by atoms with Gasteiger partial charge in [-0.3, -0.25) is 19.6 Å². The Labute approximate surface area is 237 Å². The van der Waals surface area contributed by atoms with Crippen LogP contribution in [-0.2, 0) is 21.9 Å². The Bertz CT molecular complexity index is 1200. The maximum absolute atomic E-state index is 13.9. The van der Waals surface area contributed by atoms with E-state index in [0.717, 1.165) is 24.3 Å². The topological polar surface area (TPSA) is 187 Å². The minimum Gasteiger partial charge on any atom is -0.370 e. The maximum Gasteiger partial charge on any atom is 0.418 e. The van der Waals surface area contributed by atoms with Crippen molar-refractivity contribution in [2.45, 2.75) is 50.9 Å². The molecule has 2 aromatic rings. The summed E-state index contributed by atoms with van der Waals surface area (Å²) in [6.07, 6.45) is -8.58. The van der Waals surface area contributed by atoms with Crippen LogP contribution in [0.25, 0.3) is 11.1 Å². The predicted molar refractivity (Wildman–Crippen MR) is 148 cm³/mol. The van der Waals surface area contributed by atoms with E-state index < -0.39 is 46.7 Å². The lowest BCUT2D eigenvalue weighted by atomic mass is 9.98. The quantitative estimate of drug-likeness (QED) is 0.0865. The normalized spacial score (nSPS) is 11.5. The van der Waals surface area contributed by atoms with Gasteiger partial charge in [0.1, 0.15) is 0 Å². The van der Waals surface area contributed by atoms with Gasteiger partial charge in [-0.1, -0.05) is 12.1 Å². The summed E-state index contributed by atoms with van der Waals surface area (Å²) in [6.45, 7) is 0.502. The van der Waals surface area contributed by atoms with Crippen molar-refractivity contribution in [1.82, 2.24) is 0 Å². The van der Waals surface area contributed by atoms with Crippen molar-refractivity contribution in [3.63, 3.8) is 0 Å². The summed E-state index contributed by atoms with van der Waals surface area (Å²) in [5.41, 5.74) is 16.9. The summed E-state index contributed by atoms with van der Waals surface area (Å²) in [4.78, 5) is 31.9. The van der Waals surface area contributed by atoms with Gasteiger partial charge in [0.05, 0.1) is 22.5 Å². The minimum atomic E-state index is -4.92. The van der Waals surface area contributed by atoms with Crippen LogP contribution in [-0.4, -0.2) is 36.8 Å². The fourth-order valence-electron chi connectivity index (χ4n) is 3.77. The smallest absolute Gasteiger partial charge is 0.370 e. The van der Waals surface area contributed by atoms with Gasteiger partial charge in [0.15, 0.2) is 11.9 Å². The molecule has 0 aliphatic rings. The molecule has 2 aromatic carbocycles. The fraction of sp³-hybridized carbons (Fsp3) is 0.385. The van der Waals surface area contributed by atoms with E-state index in [9.17, 15) is 35.9 Å². The summed E-state index contributed by atoms with van der Waals surface area (Å²) in [5.74, 6) is -1.62. The van der Waals surface area contributed by atoms with Crippen LogP contribution >= 0.6 is 0 Å². The van der Waals surface area contributed by atoms with Gasteiger partial charge in [0, 0.05) is 25.9 Å². The van der Waals surface area contributed by atoms with E-state index in [1.807, 2.05) is 0 Å². The van der Waals surface area contributed by atoms with Crippen molar-refractivity contribution in [2.75, 3.05) is 23.7 Å². The van der Waals surface area contributed by atoms with Gasteiger partial charge in [0.25, 0.3) is 0 Å². The molecule has 10 N–H and O–H groups in total. The number of nitrogens with zero attached hydrogens (tertiary/aromatic N) is 2. The Morgan fingerprint density at radius 1 is 0.619 bits per heavy atom. The number of rotatable bonds is 13. The zero-order valence-electron chi connectivity index (χ0n) is 22.4. The van der Waals surface area contributed by atoms with Gasteiger partial charge in [-0.05, 0) is 61.1 Å². The molecule has 0 heterocycles. The number of anilines is 2. The van der Waals surface area contributed by atoms with Crippen molar-refractivity contribution in [1.29, 1.82) is 0 Å². The van der Waals surface area contributed by atoms with Crippen LogP contribution in [0.5, 0.6) is 0 Å². The molecule has 0 radical (unpaired) electrons. The van der Waals surface area contributed by atoms with Gasteiger partial charge in [-0.25, -0.2) is 0 Å². The molecule has 0 bridgehead atoms. The van der Waals surface area contributed by atoms with Gasteiger partial charge in [0.2, 0.25) is 11.8 Å². The molecule has 0 unspecified atom stereocenters. The first-order chi connectivity index (χ1) is 19.6. The van der Waals surface area contributed by atoms with E-state index in [1.54, 1.807) is 0 Å². The number of nitrogens with two attached hydrogens (primary N) is 4. The summed E-state index contributed by atoms with van der Waals surface area (Å²) < 4.78 is 83.1. The SMILES string of the molecule is NC(N)=NCCCCC(=O)Nc1ccc(-c2ccc(NC(=O)CCCCN=C(N)N)c(C(F)(F)F)c2)cc1C(F)(F)F. The largest absolute Gasteiger partial charge is 0.418 e. The third-order valence-electron chi connectivity index (χ3n) is 5.74. The number of unbranched alkanes of at least 4 members (excludes halogenated alkanes) is 2. The lowest BCUT2D eigenvalue weighted by molar-refractivity contribution is -0.138. The molecule has 0 aliphatic carbocycles. The van der Waals surface area contributed by atoms with Crippen molar-refractivity contribution < 1.29 is 35.9 Å². The van der Waals surface area contributed by atoms with Crippen molar-refractivity contribution >= 4 is 35.1 Å². The molecule has 230 valence electrons. The van der Waals surface area contributed by atoms with E-state index in [2.05, 4.69) is 20.6 Å². The number of amides is 2. The van der Waals surface area contributed by atoms with Crippen molar-refractivity contribution in [3.05, 3.63) is 47.5 Å². The summed E-state index contributed by atoms with van der Waals surface area (Å²) in [6, 6.07) is 5.57. The highest BCUT2D eigenvalue weighted by molar-refractivity contribution is 5.93. The Balaban J connectivity index is 2.24. The predicted octanol–water partition coefficient (Wildman–Crippen LogP) is 4.16. The monoisotopic (exact) mass is 602 g/mol. The van der Waals surface area contributed by atoms with Crippen LogP contribution in [0.15, 0.2) is 46.4 Å². The number of nitrogens with one attached hydrogen (secondary N) is 2. The van der Waals surface area contributed by atoms with E-state index in [1.165, 1.54) is 0 Å². The molecule has 2 amide bonds. The highest BCUT2D eigenvalue weighted by Gasteiger charge is 2.36. The first-order valence-corrected chi connectivity index (χ1v) is 12.7. The van der Waals surface area contributed by atoms with Crippen LogP contribution in [0.3, 0.4) is 0 Å². The second-order valence-corrected chi connectivity index (χ2v) is 9.14. The van der Waals surface area contributed by atoms with E-state index >= 15 is 0 Å². The Hall–Kier alpha value is -4.50. The van der Waals surface area contributed by atoms with Crippen molar-refractivity contribution in [2.24, 2.45) is 32.9 Å².